The summed E-state index contributed by atoms with van der Waals surface area (Å²) in [4.78, 5) is -0.906. The molecule has 126 valence electrons. The van der Waals surface area contributed by atoms with Crippen LogP contribution in [-0.2, 0) is 19.3 Å². The predicted molar refractivity (Wildman–Crippen MR) is 72.5 cm³/mol. The molecule has 0 N–H and O–H groups in total. The molecule has 0 aromatic heterocycles. The first kappa shape index (κ1) is 18.7. The van der Waals surface area contributed by atoms with Crippen LogP contribution in [0.25, 0.3) is 0 Å². The van der Waals surface area contributed by atoms with Gasteiger partial charge in [-0.15, -0.1) is 0 Å². The van der Waals surface area contributed by atoms with E-state index < -0.39 is 20.2 Å². The summed E-state index contributed by atoms with van der Waals surface area (Å²) in [5, 5.41) is 0. The molecule has 0 bridgehead atoms. The Hall–Kier alpha value is -1.32. The average Bonchev–Trinajstić information content (AvgIpc) is 2.45. The van der Waals surface area contributed by atoms with Gasteiger partial charge in [0, 0.05) is 6.61 Å². The molecule has 0 saturated carbocycles. The highest BCUT2D eigenvalue weighted by Crippen LogP contribution is 2.35. The minimum Gasteiger partial charge on any atom is -0.490 e. The minimum absolute atomic E-state index is 0.0729. The first-order valence-corrected chi connectivity index (χ1v) is 7.97. The molecule has 0 aliphatic carbocycles. The smallest absolute Gasteiger partial charge is 0.490 e. The number of sulfone groups is 1. The SMILES string of the molecule is CCOCCOCCOc1ccccc1S(=O)(=O)C(F)(F)F. The third kappa shape index (κ3) is 5.15. The van der Waals surface area contributed by atoms with Crippen molar-refractivity contribution in [3.63, 3.8) is 0 Å². The van der Waals surface area contributed by atoms with Crippen molar-refractivity contribution < 1.29 is 35.8 Å². The lowest BCUT2D eigenvalue weighted by atomic mass is 10.3. The van der Waals surface area contributed by atoms with Crippen LogP contribution in [0.5, 0.6) is 5.75 Å². The standard InChI is InChI=1S/C13H17F3O5S/c1-2-19-7-8-20-9-10-21-11-5-3-4-6-12(11)22(17,18)13(14,15)16/h3-6H,2,7-10H2,1H3. The van der Waals surface area contributed by atoms with E-state index in [4.69, 9.17) is 14.2 Å². The largest absolute Gasteiger partial charge is 0.502 e. The van der Waals surface area contributed by atoms with E-state index in [0.29, 0.717) is 19.8 Å². The molecule has 0 saturated heterocycles. The second-order valence-corrected chi connectivity index (χ2v) is 5.96. The summed E-state index contributed by atoms with van der Waals surface area (Å²) in [6, 6.07) is 4.61. The van der Waals surface area contributed by atoms with Crippen molar-refractivity contribution in [2.45, 2.75) is 17.3 Å². The molecule has 0 atom stereocenters. The summed E-state index contributed by atoms with van der Waals surface area (Å²) in [6.45, 7) is 3.14. The molecule has 0 fully saturated rings. The topological polar surface area (TPSA) is 61.8 Å². The fraction of sp³-hybridized carbons (Fsp3) is 0.538. The Morgan fingerprint density at radius 2 is 1.59 bits per heavy atom. The van der Waals surface area contributed by atoms with Gasteiger partial charge < -0.3 is 14.2 Å². The second kappa shape index (κ2) is 8.35. The van der Waals surface area contributed by atoms with E-state index in [0.717, 1.165) is 6.07 Å². The molecule has 0 spiro atoms. The van der Waals surface area contributed by atoms with Crippen molar-refractivity contribution in [2.75, 3.05) is 33.0 Å². The van der Waals surface area contributed by atoms with Crippen LogP contribution in [-0.4, -0.2) is 47.0 Å². The van der Waals surface area contributed by atoms with Crippen molar-refractivity contribution in [1.82, 2.24) is 0 Å². The van der Waals surface area contributed by atoms with Crippen LogP contribution < -0.4 is 4.74 Å². The van der Waals surface area contributed by atoms with Gasteiger partial charge in [-0.05, 0) is 19.1 Å². The molecular formula is C13H17F3O5S. The lowest BCUT2D eigenvalue weighted by molar-refractivity contribution is -0.0437. The van der Waals surface area contributed by atoms with Crippen molar-refractivity contribution in [1.29, 1.82) is 0 Å². The van der Waals surface area contributed by atoms with E-state index in [9.17, 15) is 21.6 Å². The van der Waals surface area contributed by atoms with Gasteiger partial charge in [-0.3, -0.25) is 0 Å². The van der Waals surface area contributed by atoms with E-state index >= 15 is 0 Å². The van der Waals surface area contributed by atoms with Gasteiger partial charge >= 0.3 is 5.51 Å². The Kier molecular flexibility index (Phi) is 7.11. The van der Waals surface area contributed by atoms with E-state index in [1.165, 1.54) is 18.2 Å². The van der Waals surface area contributed by atoms with Crippen LogP contribution in [0.15, 0.2) is 29.2 Å². The first-order valence-electron chi connectivity index (χ1n) is 6.49. The van der Waals surface area contributed by atoms with Gasteiger partial charge in [-0.1, -0.05) is 12.1 Å². The van der Waals surface area contributed by atoms with Crippen LogP contribution in [0.2, 0.25) is 0 Å². The average molecular weight is 342 g/mol. The molecule has 1 aromatic carbocycles. The van der Waals surface area contributed by atoms with Crippen LogP contribution in [0.1, 0.15) is 6.92 Å². The molecule has 1 aromatic rings. The third-order valence-electron chi connectivity index (χ3n) is 2.50. The zero-order valence-electron chi connectivity index (χ0n) is 11.9. The van der Waals surface area contributed by atoms with E-state index in [1.54, 1.807) is 0 Å². The number of halogens is 3. The Morgan fingerprint density at radius 1 is 1.00 bits per heavy atom. The van der Waals surface area contributed by atoms with Gasteiger partial charge in [0.05, 0.1) is 19.8 Å². The first-order chi connectivity index (χ1) is 10.3. The number of rotatable bonds is 9. The normalized spacial score (nSPS) is 12.4. The molecule has 9 heteroatoms. The molecule has 0 aliphatic rings. The molecule has 0 amide bonds. The number of hydrogen-bond acceptors (Lipinski definition) is 5. The lowest BCUT2D eigenvalue weighted by Gasteiger charge is -2.13. The van der Waals surface area contributed by atoms with Gasteiger partial charge in [-0.2, -0.15) is 13.2 Å². The Bertz CT molecular complexity index is 557. The summed E-state index contributed by atoms with van der Waals surface area (Å²) in [5.74, 6) is -0.353. The second-order valence-electron chi connectivity index (χ2n) is 4.05. The number of para-hydroxylation sites is 1. The Balaban J connectivity index is 2.62. The summed E-state index contributed by atoms with van der Waals surface area (Å²) in [6.07, 6.45) is 0. The number of benzene rings is 1. The van der Waals surface area contributed by atoms with Crippen molar-refractivity contribution >= 4 is 9.84 Å². The van der Waals surface area contributed by atoms with Gasteiger partial charge in [0.1, 0.15) is 17.3 Å². The van der Waals surface area contributed by atoms with E-state index in [-0.39, 0.29) is 19.0 Å². The van der Waals surface area contributed by atoms with Gasteiger partial charge in [0.2, 0.25) is 0 Å². The summed E-state index contributed by atoms with van der Waals surface area (Å²) >= 11 is 0. The van der Waals surface area contributed by atoms with E-state index in [2.05, 4.69) is 0 Å². The fourth-order valence-corrected chi connectivity index (χ4v) is 2.39. The van der Waals surface area contributed by atoms with Gasteiger partial charge in [-0.25, -0.2) is 8.42 Å². The molecule has 22 heavy (non-hydrogen) atoms. The van der Waals surface area contributed by atoms with Gasteiger partial charge in [0.25, 0.3) is 9.84 Å². The highest BCUT2D eigenvalue weighted by Gasteiger charge is 2.48. The van der Waals surface area contributed by atoms with Crippen LogP contribution >= 0.6 is 0 Å². The minimum atomic E-state index is -5.45. The Labute approximate surface area is 126 Å². The predicted octanol–water partition coefficient (Wildman–Crippen LogP) is 2.41. The fourth-order valence-electron chi connectivity index (χ4n) is 1.49. The highest BCUT2D eigenvalue weighted by molar-refractivity contribution is 7.92. The van der Waals surface area contributed by atoms with Crippen molar-refractivity contribution in [3.8, 4) is 5.75 Å². The number of alkyl halides is 3. The van der Waals surface area contributed by atoms with Crippen LogP contribution in [0.4, 0.5) is 13.2 Å². The monoisotopic (exact) mass is 342 g/mol. The summed E-state index contributed by atoms with van der Waals surface area (Å²) < 4.78 is 75.8. The molecule has 0 aliphatic heterocycles. The molecule has 0 radical (unpaired) electrons. The highest BCUT2D eigenvalue weighted by atomic mass is 32.2. The van der Waals surface area contributed by atoms with Gasteiger partial charge in [0.15, 0.2) is 0 Å². The van der Waals surface area contributed by atoms with Crippen molar-refractivity contribution in [2.24, 2.45) is 0 Å². The number of hydrogen-bond donors (Lipinski definition) is 0. The molecule has 1 rings (SSSR count). The zero-order chi connectivity index (χ0) is 16.6. The molecule has 0 heterocycles. The van der Waals surface area contributed by atoms with Crippen molar-refractivity contribution in [3.05, 3.63) is 24.3 Å². The molecule has 0 unspecified atom stereocenters. The number of ether oxygens (including phenoxy) is 3. The van der Waals surface area contributed by atoms with E-state index in [1.807, 2.05) is 6.92 Å². The maximum atomic E-state index is 12.6. The van der Waals surface area contributed by atoms with Crippen LogP contribution in [0, 0.1) is 0 Å². The summed E-state index contributed by atoms with van der Waals surface area (Å²) in [5.41, 5.74) is -5.37. The van der Waals surface area contributed by atoms with Crippen LogP contribution in [0.3, 0.4) is 0 Å². The zero-order valence-corrected chi connectivity index (χ0v) is 12.7. The maximum Gasteiger partial charge on any atom is 0.502 e. The third-order valence-corrected chi connectivity index (χ3v) is 4.03. The Morgan fingerprint density at radius 3 is 2.23 bits per heavy atom. The summed E-state index contributed by atoms with van der Waals surface area (Å²) in [7, 11) is -5.45. The quantitative estimate of drug-likeness (QED) is 0.645. The molecule has 5 nitrogen and oxygen atoms in total. The lowest BCUT2D eigenvalue weighted by Crippen LogP contribution is -2.24. The maximum absolute atomic E-state index is 12.6. The molecular weight excluding hydrogens is 325 g/mol.